The van der Waals surface area contributed by atoms with Gasteiger partial charge in [0.1, 0.15) is 0 Å². The SMILES string of the molecule is O=C(c1cccc([N+](=O)[O-])c1)N1CCCSC1=Nc1cccc(C(F)(F)F)c1. The third-order valence-corrected chi connectivity index (χ3v) is 5.00. The predicted molar refractivity (Wildman–Crippen MR) is 99.7 cm³/mol. The molecule has 1 aliphatic rings. The molecule has 146 valence electrons. The highest BCUT2D eigenvalue weighted by Crippen LogP contribution is 2.32. The van der Waals surface area contributed by atoms with Crippen LogP contribution in [-0.4, -0.2) is 33.2 Å². The molecule has 1 heterocycles. The molecule has 1 fully saturated rings. The number of nitrogens with zero attached hydrogens (tertiary/aromatic N) is 3. The number of amides is 1. The van der Waals surface area contributed by atoms with Gasteiger partial charge in [-0.3, -0.25) is 19.8 Å². The van der Waals surface area contributed by atoms with Gasteiger partial charge in [0.15, 0.2) is 5.17 Å². The molecule has 2 aromatic rings. The van der Waals surface area contributed by atoms with E-state index in [1.165, 1.54) is 53.1 Å². The van der Waals surface area contributed by atoms with E-state index in [9.17, 15) is 28.1 Å². The lowest BCUT2D eigenvalue weighted by Crippen LogP contribution is -2.39. The molecule has 0 radical (unpaired) electrons. The molecule has 1 amide bonds. The molecule has 0 saturated carbocycles. The zero-order valence-electron chi connectivity index (χ0n) is 14.3. The number of carbonyl (C=O) groups excluding carboxylic acids is 1. The third-order valence-electron chi connectivity index (χ3n) is 3.94. The predicted octanol–water partition coefficient (Wildman–Crippen LogP) is 4.88. The van der Waals surface area contributed by atoms with Crippen molar-refractivity contribution in [2.45, 2.75) is 12.6 Å². The molecule has 2 aromatic carbocycles. The standard InChI is InChI=1S/C18H14F3N3O3S/c19-18(20,21)13-5-2-6-14(11-13)22-17-23(8-3-9-28-17)16(25)12-4-1-7-15(10-12)24(26)27/h1-2,4-7,10-11H,3,8-9H2. The molecule has 0 atom stereocenters. The lowest BCUT2D eigenvalue weighted by Gasteiger charge is -2.27. The van der Waals surface area contributed by atoms with Crippen molar-refractivity contribution in [3.05, 3.63) is 69.8 Å². The minimum atomic E-state index is -4.49. The van der Waals surface area contributed by atoms with Crippen LogP contribution in [0.25, 0.3) is 0 Å². The van der Waals surface area contributed by atoms with Crippen LogP contribution in [0.3, 0.4) is 0 Å². The maximum absolute atomic E-state index is 12.9. The minimum absolute atomic E-state index is 0.0797. The molecule has 0 N–H and O–H groups in total. The van der Waals surface area contributed by atoms with Crippen LogP contribution in [-0.2, 0) is 6.18 Å². The normalized spacial score (nSPS) is 16.2. The second-order valence-electron chi connectivity index (χ2n) is 5.91. The number of nitro groups is 1. The molecule has 0 bridgehead atoms. The fraction of sp³-hybridized carbons (Fsp3) is 0.222. The number of benzene rings is 2. The Morgan fingerprint density at radius 3 is 2.64 bits per heavy atom. The zero-order valence-corrected chi connectivity index (χ0v) is 15.2. The summed E-state index contributed by atoms with van der Waals surface area (Å²) in [6, 6.07) is 9.85. The minimum Gasteiger partial charge on any atom is -0.287 e. The summed E-state index contributed by atoms with van der Waals surface area (Å²) in [6.45, 7) is 0.326. The van der Waals surface area contributed by atoms with Crippen molar-refractivity contribution in [2.75, 3.05) is 12.3 Å². The number of hydrogen-bond acceptors (Lipinski definition) is 5. The fourth-order valence-corrected chi connectivity index (χ4v) is 3.57. The maximum Gasteiger partial charge on any atom is 0.416 e. The zero-order chi connectivity index (χ0) is 20.3. The van der Waals surface area contributed by atoms with Crippen molar-refractivity contribution < 1.29 is 22.9 Å². The number of thioether (sulfide) groups is 1. The molecule has 0 aliphatic carbocycles. The summed E-state index contributed by atoms with van der Waals surface area (Å²) in [5.74, 6) is 0.179. The molecule has 0 unspecified atom stereocenters. The Morgan fingerprint density at radius 1 is 1.18 bits per heavy atom. The van der Waals surface area contributed by atoms with Crippen molar-refractivity contribution in [1.82, 2.24) is 4.90 Å². The number of halogens is 3. The number of aliphatic imine (C=N–C) groups is 1. The molecule has 3 rings (SSSR count). The van der Waals surface area contributed by atoms with Crippen molar-refractivity contribution >= 4 is 34.2 Å². The van der Waals surface area contributed by atoms with Crippen molar-refractivity contribution in [3.8, 4) is 0 Å². The van der Waals surface area contributed by atoms with Gasteiger partial charge in [-0.05, 0) is 30.7 Å². The van der Waals surface area contributed by atoms with Gasteiger partial charge >= 0.3 is 6.18 Å². The quantitative estimate of drug-likeness (QED) is 0.535. The van der Waals surface area contributed by atoms with E-state index in [2.05, 4.69) is 4.99 Å². The number of nitro benzene ring substituents is 1. The van der Waals surface area contributed by atoms with Crippen LogP contribution in [0.1, 0.15) is 22.3 Å². The second-order valence-corrected chi connectivity index (χ2v) is 6.97. The van der Waals surface area contributed by atoms with Crippen LogP contribution in [0, 0.1) is 10.1 Å². The molecule has 0 aromatic heterocycles. The number of rotatable bonds is 3. The van der Waals surface area contributed by atoms with E-state index in [4.69, 9.17) is 0 Å². The molecule has 28 heavy (non-hydrogen) atoms. The lowest BCUT2D eigenvalue weighted by molar-refractivity contribution is -0.384. The van der Waals surface area contributed by atoms with E-state index in [0.717, 1.165) is 12.1 Å². The highest BCUT2D eigenvalue weighted by molar-refractivity contribution is 8.13. The number of amidine groups is 1. The van der Waals surface area contributed by atoms with E-state index in [1.807, 2.05) is 0 Å². The Balaban J connectivity index is 1.92. The van der Waals surface area contributed by atoms with Crippen LogP contribution in [0.5, 0.6) is 0 Å². The van der Waals surface area contributed by atoms with Gasteiger partial charge < -0.3 is 0 Å². The second kappa shape index (κ2) is 8.01. The topological polar surface area (TPSA) is 75.8 Å². The molecule has 1 saturated heterocycles. The monoisotopic (exact) mass is 409 g/mol. The van der Waals surface area contributed by atoms with Crippen LogP contribution < -0.4 is 0 Å². The first kappa shape index (κ1) is 19.9. The largest absolute Gasteiger partial charge is 0.416 e. The Labute approximate surface area is 162 Å². The van der Waals surface area contributed by atoms with Crippen molar-refractivity contribution in [2.24, 2.45) is 4.99 Å². The van der Waals surface area contributed by atoms with Gasteiger partial charge in [0.05, 0.1) is 16.2 Å². The van der Waals surface area contributed by atoms with Crippen LogP contribution in [0.2, 0.25) is 0 Å². The summed E-state index contributed by atoms with van der Waals surface area (Å²) >= 11 is 1.25. The fourth-order valence-electron chi connectivity index (χ4n) is 2.61. The van der Waals surface area contributed by atoms with Crippen molar-refractivity contribution in [1.29, 1.82) is 0 Å². The summed E-state index contributed by atoms with van der Waals surface area (Å²) in [6.07, 6.45) is -3.82. The van der Waals surface area contributed by atoms with E-state index in [1.54, 1.807) is 0 Å². The number of non-ortho nitro benzene ring substituents is 1. The summed E-state index contributed by atoms with van der Waals surface area (Å²) in [5, 5.41) is 11.2. The molecule has 6 nitrogen and oxygen atoms in total. The number of alkyl halides is 3. The Hall–Kier alpha value is -2.88. The average molecular weight is 409 g/mol. The first-order valence-electron chi connectivity index (χ1n) is 8.21. The maximum atomic E-state index is 12.9. The average Bonchev–Trinajstić information content (AvgIpc) is 2.67. The van der Waals surface area contributed by atoms with E-state index < -0.39 is 22.6 Å². The summed E-state index contributed by atoms with van der Waals surface area (Å²) in [4.78, 5) is 28.7. The van der Waals surface area contributed by atoms with Gasteiger partial charge in [0.2, 0.25) is 0 Å². The Bertz CT molecular complexity index is 947. The first-order chi connectivity index (χ1) is 13.3. The van der Waals surface area contributed by atoms with Gasteiger partial charge in [-0.1, -0.05) is 23.9 Å². The van der Waals surface area contributed by atoms with Gasteiger partial charge in [-0.25, -0.2) is 4.99 Å². The van der Waals surface area contributed by atoms with Gasteiger partial charge in [0.25, 0.3) is 11.6 Å². The molecular weight excluding hydrogens is 395 g/mol. The van der Waals surface area contributed by atoms with Gasteiger partial charge in [-0.15, -0.1) is 0 Å². The van der Waals surface area contributed by atoms with Crippen LogP contribution in [0.15, 0.2) is 53.5 Å². The molecule has 1 aliphatic heterocycles. The van der Waals surface area contributed by atoms with Crippen LogP contribution >= 0.6 is 11.8 Å². The highest BCUT2D eigenvalue weighted by atomic mass is 32.2. The summed E-state index contributed by atoms with van der Waals surface area (Å²) in [5.41, 5.74) is -0.844. The Kier molecular flexibility index (Phi) is 5.68. The third kappa shape index (κ3) is 4.50. The van der Waals surface area contributed by atoms with Crippen molar-refractivity contribution in [3.63, 3.8) is 0 Å². The summed E-state index contributed by atoms with van der Waals surface area (Å²) < 4.78 is 38.7. The van der Waals surface area contributed by atoms with Gasteiger partial charge in [0, 0.05) is 30.0 Å². The van der Waals surface area contributed by atoms with E-state index in [-0.39, 0.29) is 22.1 Å². The molecule has 10 heteroatoms. The van der Waals surface area contributed by atoms with Crippen LogP contribution in [0.4, 0.5) is 24.5 Å². The first-order valence-corrected chi connectivity index (χ1v) is 9.19. The highest BCUT2D eigenvalue weighted by Gasteiger charge is 2.31. The number of hydrogen-bond donors (Lipinski definition) is 0. The Morgan fingerprint density at radius 2 is 1.93 bits per heavy atom. The lowest BCUT2D eigenvalue weighted by atomic mass is 10.1. The molecule has 0 spiro atoms. The smallest absolute Gasteiger partial charge is 0.287 e. The summed E-state index contributed by atoms with van der Waals surface area (Å²) in [7, 11) is 0. The van der Waals surface area contributed by atoms with E-state index >= 15 is 0 Å². The molecular formula is C18H14F3N3O3S. The number of carbonyl (C=O) groups is 1. The van der Waals surface area contributed by atoms with Gasteiger partial charge in [-0.2, -0.15) is 13.2 Å². The van der Waals surface area contributed by atoms with E-state index in [0.29, 0.717) is 18.7 Å².